The summed E-state index contributed by atoms with van der Waals surface area (Å²) >= 11 is 3.72. The van der Waals surface area contributed by atoms with Gasteiger partial charge in [0.1, 0.15) is 0 Å². The minimum absolute atomic E-state index is 1.06. The van der Waals surface area contributed by atoms with Gasteiger partial charge in [-0.15, -0.1) is 22.7 Å². The summed E-state index contributed by atoms with van der Waals surface area (Å²) in [5.41, 5.74) is 1.31. The Bertz CT molecular complexity index is 576. The number of rotatable bonds is 3. The van der Waals surface area contributed by atoms with Gasteiger partial charge >= 0.3 is 0 Å². The Morgan fingerprint density at radius 3 is 2.41 bits per heavy atom. The van der Waals surface area contributed by atoms with E-state index in [1.54, 1.807) is 0 Å². The molecule has 2 aromatic heterocycles. The molecule has 0 bridgehead atoms. The number of benzene rings is 1. The minimum Gasteiger partial charge on any atom is -0.149 e. The van der Waals surface area contributed by atoms with Gasteiger partial charge in [0.25, 0.3) is 0 Å². The molecule has 2 heterocycles. The summed E-state index contributed by atoms with van der Waals surface area (Å²) in [6.07, 6.45) is 1.06. The normalized spacial score (nSPS) is 10.6. The van der Waals surface area contributed by atoms with Gasteiger partial charge in [-0.05, 0) is 29.1 Å². The van der Waals surface area contributed by atoms with Gasteiger partial charge in [-0.2, -0.15) is 0 Å². The minimum atomic E-state index is 1.06. The highest BCUT2D eigenvalue weighted by Crippen LogP contribution is 2.29. The molecule has 0 saturated heterocycles. The van der Waals surface area contributed by atoms with E-state index in [0.29, 0.717) is 0 Å². The van der Waals surface area contributed by atoms with Crippen molar-refractivity contribution in [2.75, 3.05) is 0 Å². The Kier molecular flexibility index (Phi) is 3.08. The molecule has 3 aromatic rings. The third kappa shape index (κ3) is 2.48. The van der Waals surface area contributed by atoms with E-state index in [0.717, 1.165) is 6.42 Å². The Balaban J connectivity index is 1.84. The molecule has 84 valence electrons. The predicted octanol–water partition coefficient (Wildman–Crippen LogP) is 5.07. The largest absolute Gasteiger partial charge is 0.149 e. The van der Waals surface area contributed by atoms with Crippen molar-refractivity contribution >= 4 is 22.7 Å². The molecule has 0 atom stereocenters. The fraction of sp³-hybridized carbons (Fsp3) is 0.0667. The van der Waals surface area contributed by atoms with Crippen molar-refractivity contribution in [2.24, 2.45) is 0 Å². The van der Waals surface area contributed by atoms with Crippen LogP contribution in [0.5, 0.6) is 0 Å². The van der Waals surface area contributed by atoms with Crippen molar-refractivity contribution in [3.05, 3.63) is 69.7 Å². The molecule has 0 amide bonds. The van der Waals surface area contributed by atoms with Gasteiger partial charge in [0, 0.05) is 21.1 Å². The first-order chi connectivity index (χ1) is 8.42. The van der Waals surface area contributed by atoms with Crippen molar-refractivity contribution in [1.29, 1.82) is 0 Å². The van der Waals surface area contributed by atoms with Crippen molar-refractivity contribution in [3.8, 4) is 10.4 Å². The van der Waals surface area contributed by atoms with Crippen LogP contribution in [0.1, 0.15) is 9.75 Å². The van der Waals surface area contributed by atoms with Crippen LogP contribution in [0.15, 0.2) is 60.0 Å². The highest BCUT2D eigenvalue weighted by Gasteiger charge is 2.03. The fourth-order valence-electron chi connectivity index (χ4n) is 1.82. The van der Waals surface area contributed by atoms with E-state index in [9.17, 15) is 0 Å². The van der Waals surface area contributed by atoms with E-state index in [2.05, 4.69) is 60.0 Å². The number of thiophene rings is 2. The van der Waals surface area contributed by atoms with E-state index in [4.69, 9.17) is 0 Å². The summed E-state index contributed by atoms with van der Waals surface area (Å²) < 4.78 is 0. The maximum Gasteiger partial charge on any atom is 0.0345 e. The van der Waals surface area contributed by atoms with Gasteiger partial charge in [-0.1, -0.05) is 36.4 Å². The molecule has 1 aromatic carbocycles. The fourth-order valence-corrected chi connectivity index (χ4v) is 3.67. The molecular formula is C15H12S2. The second-order valence-corrected chi connectivity index (χ2v) is 6.09. The second-order valence-electron chi connectivity index (χ2n) is 3.89. The van der Waals surface area contributed by atoms with Gasteiger partial charge in [0.15, 0.2) is 0 Å². The Hall–Kier alpha value is -1.38. The van der Waals surface area contributed by atoms with Crippen molar-refractivity contribution in [1.82, 2.24) is 0 Å². The zero-order valence-corrected chi connectivity index (χ0v) is 10.9. The highest BCUT2D eigenvalue weighted by atomic mass is 32.1. The third-order valence-electron chi connectivity index (χ3n) is 2.65. The lowest BCUT2D eigenvalue weighted by Crippen LogP contribution is -1.76. The SMILES string of the molecule is c1ccc(-c2ccc(Cc3cccs3)s2)cc1. The molecule has 0 radical (unpaired) electrons. The molecule has 0 spiro atoms. The van der Waals surface area contributed by atoms with Crippen LogP contribution in [0.2, 0.25) is 0 Å². The van der Waals surface area contributed by atoms with E-state index in [1.807, 2.05) is 22.7 Å². The van der Waals surface area contributed by atoms with E-state index >= 15 is 0 Å². The summed E-state index contributed by atoms with van der Waals surface area (Å²) in [6, 6.07) is 19.4. The second kappa shape index (κ2) is 4.86. The van der Waals surface area contributed by atoms with Crippen LogP contribution in [0, 0.1) is 0 Å². The van der Waals surface area contributed by atoms with Crippen LogP contribution in [0.25, 0.3) is 10.4 Å². The third-order valence-corrected chi connectivity index (χ3v) is 4.66. The topological polar surface area (TPSA) is 0 Å². The molecule has 0 aliphatic rings. The predicted molar refractivity (Wildman–Crippen MR) is 76.9 cm³/mol. The summed E-state index contributed by atoms with van der Waals surface area (Å²) in [6.45, 7) is 0. The average Bonchev–Trinajstić information content (AvgIpc) is 3.02. The van der Waals surface area contributed by atoms with Crippen molar-refractivity contribution < 1.29 is 0 Å². The smallest absolute Gasteiger partial charge is 0.0345 e. The van der Waals surface area contributed by atoms with Crippen LogP contribution in [0.4, 0.5) is 0 Å². The Morgan fingerprint density at radius 1 is 0.765 bits per heavy atom. The first kappa shape index (κ1) is 10.8. The molecule has 3 rings (SSSR count). The molecular weight excluding hydrogens is 244 g/mol. The zero-order chi connectivity index (χ0) is 11.5. The van der Waals surface area contributed by atoms with Crippen LogP contribution in [-0.4, -0.2) is 0 Å². The Morgan fingerprint density at radius 2 is 1.65 bits per heavy atom. The van der Waals surface area contributed by atoms with Crippen LogP contribution >= 0.6 is 22.7 Å². The lowest BCUT2D eigenvalue weighted by molar-refractivity contribution is 1.31. The summed E-state index contributed by atoms with van der Waals surface area (Å²) in [7, 11) is 0. The molecule has 17 heavy (non-hydrogen) atoms. The van der Waals surface area contributed by atoms with Gasteiger partial charge in [-0.25, -0.2) is 0 Å². The number of hydrogen-bond acceptors (Lipinski definition) is 2. The van der Waals surface area contributed by atoms with E-state index in [-0.39, 0.29) is 0 Å². The molecule has 0 aliphatic carbocycles. The molecule has 0 unspecified atom stereocenters. The molecule has 2 heteroatoms. The maximum atomic E-state index is 2.24. The number of hydrogen-bond donors (Lipinski definition) is 0. The summed E-state index contributed by atoms with van der Waals surface area (Å²) in [4.78, 5) is 4.23. The Labute approximate surface area is 109 Å². The maximum absolute atomic E-state index is 2.24. The van der Waals surface area contributed by atoms with Gasteiger partial charge in [0.05, 0.1) is 0 Å². The molecule has 0 saturated carbocycles. The van der Waals surface area contributed by atoms with Crippen LogP contribution < -0.4 is 0 Å². The van der Waals surface area contributed by atoms with Crippen molar-refractivity contribution in [3.63, 3.8) is 0 Å². The molecule has 0 fully saturated rings. The van der Waals surface area contributed by atoms with Crippen LogP contribution in [0.3, 0.4) is 0 Å². The molecule has 0 N–H and O–H groups in total. The van der Waals surface area contributed by atoms with E-state index < -0.39 is 0 Å². The van der Waals surface area contributed by atoms with Gasteiger partial charge < -0.3 is 0 Å². The molecule has 0 nitrogen and oxygen atoms in total. The van der Waals surface area contributed by atoms with E-state index in [1.165, 1.54) is 20.2 Å². The lowest BCUT2D eigenvalue weighted by Gasteiger charge is -1.95. The zero-order valence-electron chi connectivity index (χ0n) is 9.30. The summed E-state index contributed by atoms with van der Waals surface area (Å²) in [5, 5.41) is 2.14. The average molecular weight is 256 g/mol. The lowest BCUT2D eigenvalue weighted by atomic mass is 10.2. The van der Waals surface area contributed by atoms with Gasteiger partial charge in [-0.3, -0.25) is 0 Å². The van der Waals surface area contributed by atoms with Crippen molar-refractivity contribution in [2.45, 2.75) is 6.42 Å². The van der Waals surface area contributed by atoms with Gasteiger partial charge in [0.2, 0.25) is 0 Å². The molecule has 0 aliphatic heterocycles. The highest BCUT2D eigenvalue weighted by molar-refractivity contribution is 7.15. The first-order valence-corrected chi connectivity index (χ1v) is 7.28. The quantitative estimate of drug-likeness (QED) is 0.614. The summed E-state index contributed by atoms with van der Waals surface area (Å²) in [5.74, 6) is 0. The monoisotopic (exact) mass is 256 g/mol. The van der Waals surface area contributed by atoms with Crippen LogP contribution in [-0.2, 0) is 6.42 Å². The first-order valence-electron chi connectivity index (χ1n) is 5.58. The standard InChI is InChI=1S/C15H12S2/c1-2-5-12(6-3-1)15-9-8-14(17-15)11-13-7-4-10-16-13/h1-10H,11H2.